The number of thiophene rings is 1. The number of aromatic nitrogens is 2. The van der Waals surface area contributed by atoms with E-state index in [0.29, 0.717) is 26.3 Å². The number of amides is 1. The largest absolute Gasteiger partial charge is 0.459 e. The summed E-state index contributed by atoms with van der Waals surface area (Å²) in [6.07, 6.45) is 1.07. The first-order chi connectivity index (χ1) is 13.3. The van der Waals surface area contributed by atoms with Crippen LogP contribution in [0, 0.1) is 13.8 Å². The molecule has 0 unspecified atom stereocenters. The van der Waals surface area contributed by atoms with E-state index in [1.807, 2.05) is 19.1 Å². The van der Waals surface area contributed by atoms with Crippen molar-refractivity contribution in [2.75, 3.05) is 5.32 Å². The lowest BCUT2D eigenvalue weighted by Crippen LogP contribution is -2.27. The first-order valence-electron chi connectivity index (χ1n) is 8.82. The molecule has 0 aliphatic rings. The molecule has 0 saturated heterocycles. The Morgan fingerprint density at radius 1 is 1.21 bits per heavy atom. The highest BCUT2D eigenvalue weighted by atomic mass is 32.1. The van der Waals surface area contributed by atoms with E-state index in [1.165, 1.54) is 10.9 Å². The van der Waals surface area contributed by atoms with E-state index in [-0.39, 0.29) is 24.1 Å². The summed E-state index contributed by atoms with van der Waals surface area (Å²) in [5, 5.41) is 3.09. The average molecular weight is 399 g/mol. The molecule has 1 aromatic carbocycles. The third-order valence-corrected chi connectivity index (χ3v) is 5.27. The minimum atomic E-state index is -0.474. The second-order valence-corrected chi connectivity index (χ2v) is 7.78. The molecule has 146 valence electrons. The van der Waals surface area contributed by atoms with Gasteiger partial charge in [0.2, 0.25) is 5.91 Å². The molecule has 0 spiro atoms. The predicted octanol–water partition coefficient (Wildman–Crippen LogP) is 3.28. The fraction of sp³-hybridized carbons (Fsp3) is 0.300. The van der Waals surface area contributed by atoms with Crippen molar-refractivity contribution >= 4 is 39.1 Å². The Morgan fingerprint density at radius 3 is 2.54 bits per heavy atom. The molecule has 3 aromatic rings. The highest BCUT2D eigenvalue weighted by Crippen LogP contribution is 2.27. The zero-order chi connectivity index (χ0) is 20.4. The van der Waals surface area contributed by atoms with Crippen LogP contribution < -0.4 is 10.9 Å². The van der Waals surface area contributed by atoms with Crippen molar-refractivity contribution in [1.29, 1.82) is 0 Å². The molecule has 0 aliphatic carbocycles. The number of carbonyl (C=O) groups is 2. The molecule has 0 radical (unpaired) electrons. The Balaban J connectivity index is 1.86. The molecule has 2 aromatic heterocycles. The molecule has 0 fully saturated rings. The van der Waals surface area contributed by atoms with Crippen LogP contribution >= 0.6 is 11.3 Å². The van der Waals surface area contributed by atoms with Crippen LogP contribution in [0.15, 0.2) is 35.4 Å². The van der Waals surface area contributed by atoms with Gasteiger partial charge >= 0.3 is 5.97 Å². The number of anilines is 1. The predicted molar refractivity (Wildman–Crippen MR) is 109 cm³/mol. The maximum Gasteiger partial charge on any atom is 0.348 e. The number of nitrogens with zero attached hydrogens (tertiary/aromatic N) is 2. The van der Waals surface area contributed by atoms with E-state index in [2.05, 4.69) is 10.3 Å². The SMILES string of the molecule is Cc1ccc(NC(=O)Cn2cnc3sc(C(=O)OC(C)C)c(C)c3c2=O)cc1. The van der Waals surface area contributed by atoms with Gasteiger partial charge in [-0.25, -0.2) is 9.78 Å². The van der Waals surface area contributed by atoms with E-state index in [1.54, 1.807) is 32.9 Å². The number of benzene rings is 1. The van der Waals surface area contributed by atoms with Crippen molar-refractivity contribution in [1.82, 2.24) is 9.55 Å². The van der Waals surface area contributed by atoms with Crippen molar-refractivity contribution in [2.45, 2.75) is 40.3 Å². The number of ether oxygens (including phenoxy) is 1. The molecule has 28 heavy (non-hydrogen) atoms. The van der Waals surface area contributed by atoms with E-state index in [4.69, 9.17) is 4.74 Å². The Hall–Kier alpha value is -3.00. The highest BCUT2D eigenvalue weighted by Gasteiger charge is 2.21. The van der Waals surface area contributed by atoms with Crippen LogP contribution in [-0.2, 0) is 16.1 Å². The Bertz CT molecular complexity index is 1100. The van der Waals surface area contributed by atoms with Crippen LogP contribution in [0.4, 0.5) is 5.69 Å². The lowest BCUT2D eigenvalue weighted by Gasteiger charge is -2.08. The molecule has 0 aliphatic heterocycles. The van der Waals surface area contributed by atoms with Gasteiger partial charge in [0.1, 0.15) is 16.3 Å². The third kappa shape index (κ3) is 4.12. The minimum absolute atomic E-state index is 0.170. The smallest absolute Gasteiger partial charge is 0.348 e. The molecule has 0 saturated carbocycles. The zero-order valence-electron chi connectivity index (χ0n) is 16.1. The molecule has 0 atom stereocenters. The summed E-state index contributed by atoms with van der Waals surface area (Å²) in [5.41, 5.74) is 1.91. The summed E-state index contributed by atoms with van der Waals surface area (Å²) < 4.78 is 6.47. The van der Waals surface area contributed by atoms with Crippen LogP contribution in [0.1, 0.15) is 34.6 Å². The summed E-state index contributed by atoms with van der Waals surface area (Å²) >= 11 is 1.12. The normalized spacial score (nSPS) is 11.0. The van der Waals surface area contributed by atoms with Crippen molar-refractivity contribution in [2.24, 2.45) is 0 Å². The number of fused-ring (bicyclic) bond motifs is 1. The van der Waals surface area contributed by atoms with Crippen molar-refractivity contribution in [3.8, 4) is 0 Å². The van der Waals surface area contributed by atoms with Gasteiger partial charge in [-0.1, -0.05) is 17.7 Å². The van der Waals surface area contributed by atoms with Crippen LogP contribution in [0.25, 0.3) is 10.2 Å². The van der Waals surface area contributed by atoms with Crippen molar-refractivity contribution in [3.05, 3.63) is 57.0 Å². The van der Waals surface area contributed by atoms with Crippen LogP contribution in [0.3, 0.4) is 0 Å². The molecule has 0 bridgehead atoms. The van der Waals surface area contributed by atoms with Gasteiger partial charge in [-0.2, -0.15) is 0 Å². The monoisotopic (exact) mass is 399 g/mol. The van der Waals surface area contributed by atoms with E-state index in [0.717, 1.165) is 16.9 Å². The summed E-state index contributed by atoms with van der Waals surface area (Å²) in [7, 11) is 0. The summed E-state index contributed by atoms with van der Waals surface area (Å²) in [6.45, 7) is 7.00. The number of esters is 1. The lowest BCUT2D eigenvalue weighted by atomic mass is 10.2. The van der Waals surface area contributed by atoms with Gasteiger partial charge in [0, 0.05) is 5.69 Å². The molecular formula is C20H21N3O4S. The molecule has 7 nitrogen and oxygen atoms in total. The quantitative estimate of drug-likeness (QED) is 0.665. The summed E-state index contributed by atoms with van der Waals surface area (Å²) in [5.74, 6) is -0.807. The fourth-order valence-electron chi connectivity index (χ4n) is 2.73. The fourth-order valence-corrected chi connectivity index (χ4v) is 3.75. The van der Waals surface area contributed by atoms with Crippen molar-refractivity contribution < 1.29 is 14.3 Å². The topological polar surface area (TPSA) is 90.3 Å². The summed E-state index contributed by atoms with van der Waals surface area (Å²) in [6, 6.07) is 7.38. The average Bonchev–Trinajstić information content (AvgIpc) is 2.96. The maximum atomic E-state index is 12.8. The molecule has 8 heteroatoms. The van der Waals surface area contributed by atoms with Gasteiger partial charge in [-0.15, -0.1) is 11.3 Å². The summed E-state index contributed by atoms with van der Waals surface area (Å²) in [4.78, 5) is 42.4. The van der Waals surface area contributed by atoms with Gasteiger partial charge in [0.05, 0.1) is 17.8 Å². The zero-order valence-corrected chi connectivity index (χ0v) is 16.9. The second-order valence-electron chi connectivity index (χ2n) is 6.78. The van der Waals surface area contributed by atoms with Gasteiger partial charge in [0.15, 0.2) is 0 Å². The van der Waals surface area contributed by atoms with Crippen LogP contribution in [-0.4, -0.2) is 27.5 Å². The molecule has 3 rings (SSSR count). The minimum Gasteiger partial charge on any atom is -0.459 e. The molecule has 1 amide bonds. The second kappa shape index (κ2) is 7.93. The number of carbonyl (C=O) groups excluding carboxylic acids is 2. The number of aryl methyl sites for hydroxylation is 2. The Kier molecular flexibility index (Phi) is 5.60. The number of rotatable bonds is 5. The number of hydrogen-bond acceptors (Lipinski definition) is 6. The lowest BCUT2D eigenvalue weighted by molar-refractivity contribution is -0.116. The first kappa shape index (κ1) is 19.8. The third-order valence-electron chi connectivity index (χ3n) is 4.09. The Morgan fingerprint density at radius 2 is 1.89 bits per heavy atom. The van der Waals surface area contributed by atoms with E-state index < -0.39 is 5.97 Å². The first-order valence-corrected chi connectivity index (χ1v) is 9.64. The highest BCUT2D eigenvalue weighted by molar-refractivity contribution is 7.20. The maximum absolute atomic E-state index is 12.8. The number of hydrogen-bond donors (Lipinski definition) is 1. The van der Waals surface area contributed by atoms with Crippen LogP contribution in [0.2, 0.25) is 0 Å². The van der Waals surface area contributed by atoms with Gasteiger partial charge in [-0.05, 0) is 45.4 Å². The van der Waals surface area contributed by atoms with E-state index in [9.17, 15) is 14.4 Å². The van der Waals surface area contributed by atoms with Crippen molar-refractivity contribution in [3.63, 3.8) is 0 Å². The van der Waals surface area contributed by atoms with Gasteiger partial charge < -0.3 is 10.1 Å². The number of nitrogens with one attached hydrogen (secondary N) is 1. The van der Waals surface area contributed by atoms with Gasteiger partial charge in [-0.3, -0.25) is 14.2 Å². The molecule has 1 N–H and O–H groups in total. The molecule has 2 heterocycles. The van der Waals surface area contributed by atoms with E-state index >= 15 is 0 Å². The molecular weight excluding hydrogens is 378 g/mol. The van der Waals surface area contributed by atoms with Gasteiger partial charge in [0.25, 0.3) is 5.56 Å². The van der Waals surface area contributed by atoms with Crippen LogP contribution in [0.5, 0.6) is 0 Å². The standard InChI is InChI=1S/C20H21N3O4S/c1-11(2)27-20(26)17-13(4)16-18(28-17)21-10-23(19(16)25)9-15(24)22-14-7-5-12(3)6-8-14/h5-8,10-11H,9H2,1-4H3,(H,22,24). The Labute approximate surface area is 166 Å².